The largest absolute Gasteiger partial charge is 0.496 e. The smallest absolute Gasteiger partial charge is 0.318 e. The van der Waals surface area contributed by atoms with Gasteiger partial charge in [0.05, 0.1) is 20.8 Å². The van der Waals surface area contributed by atoms with Crippen molar-refractivity contribution < 1.29 is 27.4 Å². The summed E-state index contributed by atoms with van der Waals surface area (Å²) in [6.07, 6.45) is -2.92. The first kappa shape index (κ1) is 20.4. The lowest BCUT2D eigenvalue weighted by Crippen LogP contribution is -2.41. The number of carbonyl (C=O) groups excluding carboxylic acids is 1. The Morgan fingerprint density at radius 2 is 1.78 bits per heavy atom. The number of halogens is 3. The van der Waals surface area contributed by atoms with Crippen LogP contribution >= 0.6 is 0 Å². The third-order valence-corrected chi connectivity index (χ3v) is 4.01. The van der Waals surface area contributed by atoms with Crippen LogP contribution in [0.15, 0.2) is 42.5 Å². The van der Waals surface area contributed by atoms with E-state index in [1.54, 1.807) is 24.3 Å². The van der Waals surface area contributed by atoms with Crippen LogP contribution in [0.1, 0.15) is 17.2 Å². The summed E-state index contributed by atoms with van der Waals surface area (Å²) in [6, 6.07) is 8.16. The molecule has 2 rings (SSSR count). The molecule has 1 atom stereocenters. The van der Waals surface area contributed by atoms with Gasteiger partial charge in [0.15, 0.2) is 11.6 Å². The molecule has 0 aliphatic heterocycles. The summed E-state index contributed by atoms with van der Waals surface area (Å²) in [5.74, 6) is -0.261. The Balaban J connectivity index is 2.13. The molecule has 2 aromatic carbocycles. The lowest BCUT2D eigenvalue weighted by molar-refractivity contribution is 0.0970. The van der Waals surface area contributed by atoms with Crippen LogP contribution in [0.4, 0.5) is 18.0 Å². The molecule has 0 spiro atoms. The van der Waals surface area contributed by atoms with Crippen molar-refractivity contribution in [2.45, 2.75) is 19.0 Å². The third-order valence-electron chi connectivity index (χ3n) is 4.01. The lowest BCUT2D eigenvalue weighted by Gasteiger charge is -2.24. The van der Waals surface area contributed by atoms with E-state index in [-0.39, 0.29) is 17.9 Å². The summed E-state index contributed by atoms with van der Waals surface area (Å²) in [6.45, 7) is 0.156. The van der Waals surface area contributed by atoms with Crippen LogP contribution in [0.2, 0.25) is 0 Å². The minimum absolute atomic E-state index is 0.0534. The van der Waals surface area contributed by atoms with E-state index in [0.717, 1.165) is 11.6 Å². The van der Waals surface area contributed by atoms with E-state index in [1.807, 2.05) is 0 Å². The first-order valence-corrected chi connectivity index (χ1v) is 8.12. The van der Waals surface area contributed by atoms with Crippen LogP contribution < -0.4 is 14.8 Å². The fraction of sp³-hybridized carbons (Fsp3) is 0.316. The molecule has 8 heteroatoms. The number of amides is 2. The molecule has 0 aliphatic rings. The maximum Gasteiger partial charge on any atom is 0.318 e. The summed E-state index contributed by atoms with van der Waals surface area (Å²) < 4.78 is 50.8. The molecule has 2 aromatic rings. The van der Waals surface area contributed by atoms with E-state index in [0.29, 0.717) is 5.75 Å². The van der Waals surface area contributed by atoms with Gasteiger partial charge in [-0.15, -0.1) is 0 Å². The molecule has 0 heterocycles. The summed E-state index contributed by atoms with van der Waals surface area (Å²) >= 11 is 0. The second-order valence-electron chi connectivity index (χ2n) is 5.82. The van der Waals surface area contributed by atoms with Gasteiger partial charge >= 0.3 is 6.03 Å². The number of rotatable bonds is 7. The molecule has 2 amide bonds. The average Bonchev–Trinajstić information content (AvgIpc) is 2.65. The molecular formula is C19H21F3N2O3. The van der Waals surface area contributed by atoms with Crippen molar-refractivity contribution in [3.8, 4) is 11.5 Å². The van der Waals surface area contributed by atoms with Crippen molar-refractivity contribution in [3.05, 3.63) is 59.4 Å². The molecule has 146 valence electrons. The number of methoxy groups -OCH3 is 2. The number of urea groups is 1. The average molecular weight is 382 g/mol. The highest BCUT2D eigenvalue weighted by Gasteiger charge is 2.27. The van der Waals surface area contributed by atoms with Crippen molar-refractivity contribution in [1.29, 1.82) is 0 Å². The second kappa shape index (κ2) is 9.16. The maximum atomic E-state index is 13.8. The fourth-order valence-corrected chi connectivity index (χ4v) is 2.57. The number of benzene rings is 2. The number of ether oxygens (including phenoxy) is 2. The van der Waals surface area contributed by atoms with Crippen LogP contribution in [0.5, 0.6) is 11.5 Å². The summed E-state index contributed by atoms with van der Waals surface area (Å²) in [4.78, 5) is 13.6. The predicted molar refractivity (Wildman–Crippen MR) is 94.7 cm³/mol. The van der Waals surface area contributed by atoms with E-state index < -0.39 is 24.3 Å². The Kier molecular flexibility index (Phi) is 6.92. The van der Waals surface area contributed by atoms with Crippen LogP contribution in [0.25, 0.3) is 0 Å². The summed E-state index contributed by atoms with van der Waals surface area (Å²) in [5.41, 5.74) is 0.670. The second-order valence-corrected chi connectivity index (χ2v) is 5.82. The van der Waals surface area contributed by atoms with Gasteiger partial charge in [0, 0.05) is 12.6 Å². The molecule has 0 bridgehead atoms. The molecule has 0 aliphatic carbocycles. The Labute approximate surface area is 155 Å². The van der Waals surface area contributed by atoms with Gasteiger partial charge in [-0.1, -0.05) is 24.3 Å². The van der Waals surface area contributed by atoms with Crippen LogP contribution in [0.3, 0.4) is 0 Å². The van der Waals surface area contributed by atoms with E-state index in [9.17, 15) is 18.0 Å². The van der Waals surface area contributed by atoms with Crippen molar-refractivity contribution in [3.63, 3.8) is 0 Å². The first-order valence-electron chi connectivity index (χ1n) is 8.12. The molecule has 0 saturated carbocycles. The lowest BCUT2D eigenvalue weighted by atomic mass is 10.1. The zero-order chi connectivity index (χ0) is 20.0. The van der Waals surface area contributed by atoms with E-state index in [1.165, 1.54) is 38.3 Å². The molecule has 5 nitrogen and oxygen atoms in total. The standard InChI is InChI=1S/C19H21F3N2O3/c1-24(11-13-6-4-5-7-15(13)26-2)19(25)23-17(18(21)22)12-8-9-16(27-3)14(20)10-12/h4-10,17-18H,11H2,1-3H3,(H,23,25)/t17-/m0/s1. The minimum Gasteiger partial charge on any atom is -0.496 e. The van der Waals surface area contributed by atoms with E-state index >= 15 is 0 Å². The monoisotopic (exact) mass is 382 g/mol. The van der Waals surface area contributed by atoms with Crippen molar-refractivity contribution in [2.24, 2.45) is 0 Å². The van der Waals surface area contributed by atoms with Gasteiger partial charge in [0.2, 0.25) is 0 Å². The van der Waals surface area contributed by atoms with Crippen molar-refractivity contribution in [1.82, 2.24) is 10.2 Å². The number of hydrogen-bond donors (Lipinski definition) is 1. The van der Waals surface area contributed by atoms with Gasteiger partial charge in [0.1, 0.15) is 11.8 Å². The van der Waals surface area contributed by atoms with Gasteiger partial charge in [-0.3, -0.25) is 0 Å². The fourth-order valence-electron chi connectivity index (χ4n) is 2.57. The molecule has 1 N–H and O–H groups in total. The van der Waals surface area contributed by atoms with Gasteiger partial charge in [0.25, 0.3) is 6.43 Å². The Hall–Kier alpha value is -2.90. The van der Waals surface area contributed by atoms with Gasteiger partial charge < -0.3 is 19.7 Å². The molecule has 0 aromatic heterocycles. The number of nitrogens with zero attached hydrogens (tertiary/aromatic N) is 1. The summed E-state index contributed by atoms with van der Waals surface area (Å²) in [7, 11) is 4.25. The maximum absolute atomic E-state index is 13.8. The summed E-state index contributed by atoms with van der Waals surface area (Å²) in [5, 5.41) is 2.24. The molecule has 0 saturated heterocycles. The van der Waals surface area contributed by atoms with Crippen molar-refractivity contribution >= 4 is 6.03 Å². The van der Waals surface area contributed by atoms with Gasteiger partial charge in [-0.05, 0) is 23.8 Å². The van der Waals surface area contributed by atoms with Crippen LogP contribution in [-0.4, -0.2) is 38.6 Å². The minimum atomic E-state index is -2.92. The Morgan fingerprint density at radius 3 is 2.37 bits per heavy atom. The number of alkyl halides is 2. The normalized spacial score (nSPS) is 11.8. The van der Waals surface area contributed by atoms with Crippen LogP contribution in [-0.2, 0) is 6.54 Å². The van der Waals surface area contributed by atoms with Gasteiger partial charge in [-0.2, -0.15) is 0 Å². The molecule has 0 radical (unpaired) electrons. The number of nitrogens with one attached hydrogen (secondary N) is 1. The number of para-hydroxylation sites is 1. The third kappa shape index (κ3) is 5.06. The molecule has 27 heavy (non-hydrogen) atoms. The highest BCUT2D eigenvalue weighted by Crippen LogP contribution is 2.26. The first-order chi connectivity index (χ1) is 12.9. The number of carbonyl (C=O) groups is 1. The zero-order valence-electron chi connectivity index (χ0n) is 15.2. The quantitative estimate of drug-likeness (QED) is 0.788. The highest BCUT2D eigenvalue weighted by atomic mass is 19.3. The Bertz CT molecular complexity index is 787. The van der Waals surface area contributed by atoms with Crippen LogP contribution in [0, 0.1) is 5.82 Å². The van der Waals surface area contributed by atoms with E-state index in [4.69, 9.17) is 9.47 Å². The van der Waals surface area contributed by atoms with E-state index in [2.05, 4.69) is 5.32 Å². The van der Waals surface area contributed by atoms with Crippen molar-refractivity contribution in [2.75, 3.05) is 21.3 Å². The topological polar surface area (TPSA) is 50.8 Å². The highest BCUT2D eigenvalue weighted by molar-refractivity contribution is 5.74. The molecule has 0 fully saturated rings. The predicted octanol–water partition coefficient (Wildman–Crippen LogP) is 3.99. The number of hydrogen-bond acceptors (Lipinski definition) is 3. The SMILES string of the molecule is COc1ccc([C@H](NC(=O)N(C)Cc2ccccc2OC)C(F)F)cc1F. The van der Waals surface area contributed by atoms with Gasteiger partial charge in [-0.25, -0.2) is 18.0 Å². The zero-order valence-corrected chi connectivity index (χ0v) is 15.2. The molecule has 0 unspecified atom stereocenters. The molecular weight excluding hydrogens is 361 g/mol. The Morgan fingerprint density at radius 1 is 1.11 bits per heavy atom.